The van der Waals surface area contributed by atoms with Gasteiger partial charge in [-0.2, -0.15) is 13.2 Å². The first-order valence-corrected chi connectivity index (χ1v) is 11.5. The molecule has 3 aromatic rings. The number of fused-ring (bicyclic) bond motifs is 1. The molecule has 0 saturated carbocycles. The van der Waals surface area contributed by atoms with Crippen molar-refractivity contribution in [1.82, 2.24) is 9.88 Å². The lowest BCUT2D eigenvalue weighted by atomic mass is 9.90. The number of likely N-dealkylation sites (tertiary alicyclic amines) is 1. The highest BCUT2D eigenvalue weighted by atomic mass is 35.5. The second-order valence-corrected chi connectivity index (χ2v) is 8.78. The van der Waals surface area contributed by atoms with Crippen molar-refractivity contribution in [2.24, 2.45) is 5.92 Å². The lowest BCUT2D eigenvalue weighted by Gasteiger charge is -2.28. The molecule has 5 rings (SSSR count). The summed E-state index contributed by atoms with van der Waals surface area (Å²) < 4.78 is 38.5. The Labute approximate surface area is 209 Å². The average molecular weight is 517 g/mol. The van der Waals surface area contributed by atoms with Gasteiger partial charge >= 0.3 is 6.18 Å². The van der Waals surface area contributed by atoms with Crippen LogP contribution in [0.2, 0.25) is 5.02 Å². The van der Waals surface area contributed by atoms with E-state index < -0.39 is 35.7 Å². The van der Waals surface area contributed by atoms with E-state index in [2.05, 4.69) is 10.3 Å². The highest BCUT2D eigenvalue weighted by Gasteiger charge is 2.59. The van der Waals surface area contributed by atoms with Crippen molar-refractivity contribution in [1.29, 1.82) is 0 Å². The topological polar surface area (TPSA) is 74.8 Å². The zero-order valence-electron chi connectivity index (χ0n) is 18.7. The molecular formula is C25H20ClF3N4O3. The normalized spacial score (nSPS) is 21.7. The molecule has 2 fully saturated rings. The van der Waals surface area contributed by atoms with Gasteiger partial charge in [-0.1, -0.05) is 60.1 Å². The third-order valence-corrected chi connectivity index (χ3v) is 6.44. The molecule has 2 aliphatic rings. The zero-order valence-corrected chi connectivity index (χ0v) is 19.4. The summed E-state index contributed by atoms with van der Waals surface area (Å²) in [5.41, 5.74) is 0.580. The van der Waals surface area contributed by atoms with Gasteiger partial charge in [0.15, 0.2) is 6.10 Å². The number of para-hydroxylation sites is 1. The van der Waals surface area contributed by atoms with E-state index in [1.54, 1.807) is 5.06 Å². The number of rotatable bonds is 6. The quantitative estimate of drug-likeness (QED) is 0.478. The maximum absolute atomic E-state index is 13.4. The molecule has 0 unspecified atom stereocenters. The number of nitrogens with zero attached hydrogens (tertiary/aromatic N) is 3. The Hall–Kier alpha value is -3.63. The van der Waals surface area contributed by atoms with Crippen molar-refractivity contribution < 1.29 is 27.6 Å². The Morgan fingerprint density at radius 3 is 2.31 bits per heavy atom. The highest BCUT2D eigenvalue weighted by molar-refractivity contribution is 6.33. The molecule has 7 nitrogen and oxygen atoms in total. The second kappa shape index (κ2) is 9.44. The van der Waals surface area contributed by atoms with Crippen molar-refractivity contribution in [3.63, 3.8) is 0 Å². The molecule has 3 atom stereocenters. The van der Waals surface area contributed by atoms with Crippen LogP contribution >= 0.6 is 11.6 Å². The summed E-state index contributed by atoms with van der Waals surface area (Å²) in [6.45, 7) is 0.0211. The molecule has 186 valence electrons. The van der Waals surface area contributed by atoms with Gasteiger partial charge in [0.25, 0.3) is 5.91 Å². The van der Waals surface area contributed by atoms with Gasteiger partial charge in [0, 0.05) is 19.3 Å². The van der Waals surface area contributed by atoms with Gasteiger partial charge in [-0.05, 0) is 23.8 Å². The standard InChI is InChI=1S/C25H20ClF3N4O3/c26-18-13-16(25(27,28)29)14-31-22(18)30-11-12-32-23(34)19-20(15-7-3-1-4-8-15)33(36-21(19)24(32)35)17-9-5-2-6-10-17/h1-10,13-14,19-21H,11-12H2,(H,30,31)/t19-,20+,21-/m0/s1. The summed E-state index contributed by atoms with van der Waals surface area (Å²) in [5.74, 6) is -1.59. The smallest absolute Gasteiger partial charge is 0.367 e. The summed E-state index contributed by atoms with van der Waals surface area (Å²) in [6.07, 6.45) is -4.89. The number of carbonyl (C=O) groups is 2. The third-order valence-electron chi connectivity index (χ3n) is 6.15. The van der Waals surface area contributed by atoms with Crippen LogP contribution in [0.5, 0.6) is 0 Å². The van der Waals surface area contributed by atoms with Crippen molar-refractivity contribution in [3.8, 4) is 0 Å². The van der Waals surface area contributed by atoms with Crippen molar-refractivity contribution in [3.05, 3.63) is 89.1 Å². The molecule has 2 amide bonds. The predicted octanol–water partition coefficient (Wildman–Crippen LogP) is 4.71. The van der Waals surface area contributed by atoms with E-state index in [4.69, 9.17) is 16.4 Å². The molecule has 1 N–H and O–H groups in total. The Bertz CT molecular complexity index is 1280. The van der Waals surface area contributed by atoms with Crippen LogP contribution in [0.3, 0.4) is 0 Å². The minimum absolute atomic E-state index is 0.0256. The first kappa shape index (κ1) is 24.1. The summed E-state index contributed by atoms with van der Waals surface area (Å²) >= 11 is 5.93. The number of alkyl halides is 3. The van der Waals surface area contributed by atoms with Crippen LogP contribution < -0.4 is 10.4 Å². The van der Waals surface area contributed by atoms with E-state index in [1.165, 1.54) is 0 Å². The first-order valence-electron chi connectivity index (χ1n) is 11.1. The molecule has 2 saturated heterocycles. The fourth-order valence-corrected chi connectivity index (χ4v) is 4.72. The minimum Gasteiger partial charge on any atom is -0.367 e. The maximum atomic E-state index is 13.4. The summed E-state index contributed by atoms with van der Waals surface area (Å²) in [5, 5.41) is 4.19. The average Bonchev–Trinajstić information content (AvgIpc) is 3.37. The second-order valence-electron chi connectivity index (χ2n) is 8.38. The molecule has 0 spiro atoms. The SMILES string of the molecule is O=C1[C@@H]2[C@H](ON(c3ccccc3)[C@@H]2c2ccccc2)C(=O)N1CCNc1ncc(C(F)(F)F)cc1Cl. The van der Waals surface area contributed by atoms with Crippen LogP contribution in [0.15, 0.2) is 72.9 Å². The predicted molar refractivity (Wildman–Crippen MR) is 126 cm³/mol. The van der Waals surface area contributed by atoms with Crippen LogP contribution in [0.4, 0.5) is 24.7 Å². The van der Waals surface area contributed by atoms with Gasteiger partial charge in [-0.25, -0.2) is 10.0 Å². The number of anilines is 2. The molecule has 0 radical (unpaired) electrons. The lowest BCUT2D eigenvalue weighted by molar-refractivity contribution is -0.143. The Balaban J connectivity index is 1.33. The summed E-state index contributed by atoms with van der Waals surface area (Å²) in [6, 6.07) is 18.8. The van der Waals surface area contributed by atoms with Crippen LogP contribution in [-0.2, 0) is 20.6 Å². The fraction of sp³-hybridized carbons (Fsp3) is 0.240. The van der Waals surface area contributed by atoms with Crippen LogP contribution in [0.25, 0.3) is 0 Å². The van der Waals surface area contributed by atoms with E-state index >= 15 is 0 Å². The Kier molecular flexibility index (Phi) is 6.31. The van der Waals surface area contributed by atoms with Gasteiger partial charge < -0.3 is 5.32 Å². The van der Waals surface area contributed by atoms with E-state index in [-0.39, 0.29) is 29.8 Å². The lowest BCUT2D eigenvalue weighted by Crippen LogP contribution is -2.39. The third kappa shape index (κ3) is 4.38. The van der Waals surface area contributed by atoms with Crippen molar-refractivity contribution in [2.45, 2.75) is 18.3 Å². The molecule has 1 aromatic heterocycles. The molecule has 2 aliphatic heterocycles. The highest BCUT2D eigenvalue weighted by Crippen LogP contribution is 2.46. The van der Waals surface area contributed by atoms with Gasteiger partial charge in [0.1, 0.15) is 11.7 Å². The molecule has 2 aromatic carbocycles. The fourth-order valence-electron chi connectivity index (χ4n) is 4.49. The summed E-state index contributed by atoms with van der Waals surface area (Å²) in [7, 11) is 0. The Morgan fingerprint density at radius 2 is 1.67 bits per heavy atom. The number of imide groups is 1. The number of aromatic nitrogens is 1. The van der Waals surface area contributed by atoms with Crippen LogP contribution in [0, 0.1) is 5.92 Å². The van der Waals surface area contributed by atoms with E-state index in [0.717, 1.165) is 22.2 Å². The number of pyridine rings is 1. The molecule has 36 heavy (non-hydrogen) atoms. The van der Waals surface area contributed by atoms with Crippen LogP contribution in [0.1, 0.15) is 17.2 Å². The monoisotopic (exact) mass is 516 g/mol. The number of carbonyl (C=O) groups excluding carboxylic acids is 2. The molecule has 11 heteroatoms. The van der Waals surface area contributed by atoms with E-state index in [0.29, 0.717) is 6.20 Å². The van der Waals surface area contributed by atoms with Gasteiger partial charge in [-0.15, -0.1) is 0 Å². The molecule has 0 aliphatic carbocycles. The number of halogens is 4. The number of hydrogen-bond acceptors (Lipinski definition) is 6. The number of nitrogens with one attached hydrogen (secondary N) is 1. The number of benzene rings is 2. The largest absolute Gasteiger partial charge is 0.417 e. The van der Waals surface area contributed by atoms with Crippen molar-refractivity contribution >= 4 is 34.9 Å². The van der Waals surface area contributed by atoms with E-state index in [9.17, 15) is 22.8 Å². The van der Waals surface area contributed by atoms with Gasteiger partial charge in [-0.3, -0.25) is 19.3 Å². The van der Waals surface area contributed by atoms with E-state index in [1.807, 2.05) is 60.7 Å². The zero-order chi connectivity index (χ0) is 25.4. The molecule has 3 heterocycles. The van der Waals surface area contributed by atoms with Crippen LogP contribution in [-0.4, -0.2) is 40.9 Å². The number of hydroxylamine groups is 1. The Morgan fingerprint density at radius 1 is 1.00 bits per heavy atom. The van der Waals surface area contributed by atoms with Gasteiger partial charge in [0.05, 0.1) is 22.3 Å². The number of amides is 2. The first-order chi connectivity index (χ1) is 17.3. The maximum Gasteiger partial charge on any atom is 0.417 e. The molecule has 0 bridgehead atoms. The van der Waals surface area contributed by atoms with Gasteiger partial charge in [0.2, 0.25) is 5.91 Å². The molecular weight excluding hydrogens is 497 g/mol. The number of hydrogen-bond donors (Lipinski definition) is 1. The minimum atomic E-state index is -4.57. The summed E-state index contributed by atoms with van der Waals surface area (Å²) in [4.78, 5) is 37.5. The van der Waals surface area contributed by atoms with Crippen molar-refractivity contribution in [2.75, 3.05) is 23.5 Å².